The first kappa shape index (κ1) is 31.7. The zero-order valence-corrected chi connectivity index (χ0v) is 24.1. The summed E-state index contributed by atoms with van der Waals surface area (Å²) < 4.78 is 51.9. The van der Waals surface area contributed by atoms with E-state index >= 15 is 0 Å². The van der Waals surface area contributed by atoms with Crippen LogP contribution in [-0.4, -0.2) is 32.1 Å². The summed E-state index contributed by atoms with van der Waals surface area (Å²) >= 11 is 0. The molecule has 0 fully saturated rings. The number of carbonyl (C=O) groups excluding carboxylic acids is 2. The van der Waals surface area contributed by atoms with Gasteiger partial charge in [0, 0.05) is 12.1 Å². The molecule has 0 aromatic heterocycles. The van der Waals surface area contributed by atoms with Gasteiger partial charge in [0.1, 0.15) is 5.75 Å². The van der Waals surface area contributed by atoms with Crippen LogP contribution >= 0.6 is 0 Å². The lowest BCUT2D eigenvalue weighted by atomic mass is 9.86. The summed E-state index contributed by atoms with van der Waals surface area (Å²) in [6.45, 7) is 6.72. The van der Waals surface area contributed by atoms with Crippen molar-refractivity contribution in [3.05, 3.63) is 89.0 Å². The van der Waals surface area contributed by atoms with E-state index in [1.807, 2.05) is 24.3 Å². The lowest BCUT2D eigenvalue weighted by Gasteiger charge is -2.20. The van der Waals surface area contributed by atoms with Crippen molar-refractivity contribution in [2.24, 2.45) is 0 Å². The predicted molar refractivity (Wildman–Crippen MR) is 154 cm³/mol. The lowest BCUT2D eigenvalue weighted by molar-refractivity contribution is -0.140. The first-order valence-corrected chi connectivity index (χ1v) is 13.8. The number of carbonyl (C=O) groups is 2. The SMILES string of the molecule is COC(=O)CCNC(=O)c1ccc(CCCCCOc2ccc(-c3ccc(C(C)(C)C)cc3)c(C(F)(F)F)c2)cc1. The summed E-state index contributed by atoms with van der Waals surface area (Å²) in [6, 6.07) is 18.7. The molecule has 3 rings (SSSR count). The highest BCUT2D eigenvalue weighted by Gasteiger charge is 2.34. The van der Waals surface area contributed by atoms with Crippen LogP contribution in [0.4, 0.5) is 13.2 Å². The van der Waals surface area contributed by atoms with Crippen molar-refractivity contribution in [2.45, 2.75) is 64.5 Å². The molecule has 0 aliphatic rings. The number of ether oxygens (including phenoxy) is 2. The minimum absolute atomic E-state index is 0.0830. The van der Waals surface area contributed by atoms with Crippen LogP contribution < -0.4 is 10.1 Å². The molecule has 220 valence electrons. The molecule has 0 saturated carbocycles. The van der Waals surface area contributed by atoms with E-state index in [9.17, 15) is 22.8 Å². The van der Waals surface area contributed by atoms with Crippen LogP contribution in [0.15, 0.2) is 66.7 Å². The van der Waals surface area contributed by atoms with Crippen molar-refractivity contribution in [3.63, 3.8) is 0 Å². The van der Waals surface area contributed by atoms with Crippen LogP contribution in [0.3, 0.4) is 0 Å². The van der Waals surface area contributed by atoms with Crippen molar-refractivity contribution >= 4 is 11.9 Å². The third-order valence-corrected chi connectivity index (χ3v) is 6.80. The fourth-order valence-electron chi connectivity index (χ4n) is 4.35. The van der Waals surface area contributed by atoms with E-state index in [0.29, 0.717) is 24.2 Å². The van der Waals surface area contributed by atoms with E-state index in [0.717, 1.165) is 36.5 Å². The number of esters is 1. The second-order valence-electron chi connectivity index (χ2n) is 11.0. The number of unbranched alkanes of at least 4 members (excludes halogenated alkanes) is 2. The molecule has 0 bridgehead atoms. The summed E-state index contributed by atoms with van der Waals surface area (Å²) in [5.74, 6) is -0.432. The molecule has 0 aliphatic carbocycles. The van der Waals surface area contributed by atoms with Gasteiger partial charge in [-0.2, -0.15) is 13.2 Å². The fraction of sp³-hybridized carbons (Fsp3) is 0.394. The highest BCUT2D eigenvalue weighted by atomic mass is 19.4. The molecule has 0 saturated heterocycles. The number of benzene rings is 3. The van der Waals surface area contributed by atoms with E-state index < -0.39 is 11.7 Å². The number of nitrogens with one attached hydrogen (secondary N) is 1. The Balaban J connectivity index is 1.47. The summed E-state index contributed by atoms with van der Waals surface area (Å²) in [5.41, 5.74) is 2.51. The number of alkyl halides is 3. The van der Waals surface area contributed by atoms with Crippen LogP contribution in [0.1, 0.15) is 73.5 Å². The molecule has 1 amide bonds. The Morgan fingerprint density at radius 2 is 1.54 bits per heavy atom. The smallest absolute Gasteiger partial charge is 0.417 e. The van der Waals surface area contributed by atoms with Crippen molar-refractivity contribution < 1.29 is 32.2 Å². The van der Waals surface area contributed by atoms with Crippen LogP contribution in [0, 0.1) is 0 Å². The van der Waals surface area contributed by atoms with Crippen molar-refractivity contribution in [1.82, 2.24) is 5.32 Å². The molecular formula is C33H38F3NO4. The number of hydrogen-bond acceptors (Lipinski definition) is 4. The predicted octanol–water partition coefficient (Wildman–Crippen LogP) is 7.75. The minimum Gasteiger partial charge on any atom is -0.494 e. The number of amides is 1. The number of hydrogen-bond donors (Lipinski definition) is 1. The van der Waals surface area contributed by atoms with Crippen molar-refractivity contribution in [3.8, 4) is 16.9 Å². The Bertz CT molecular complexity index is 1290. The summed E-state index contributed by atoms with van der Waals surface area (Å²) in [5, 5.41) is 2.68. The average Bonchev–Trinajstić information content (AvgIpc) is 2.94. The van der Waals surface area contributed by atoms with Gasteiger partial charge in [-0.05, 0) is 77.6 Å². The number of halogens is 3. The summed E-state index contributed by atoms with van der Waals surface area (Å²) in [7, 11) is 1.30. The van der Waals surface area contributed by atoms with Gasteiger partial charge in [0.25, 0.3) is 5.91 Å². The normalized spacial score (nSPS) is 11.7. The summed E-state index contributed by atoms with van der Waals surface area (Å²) in [6.07, 6.45) is -1.14. The van der Waals surface area contributed by atoms with Gasteiger partial charge in [-0.3, -0.25) is 9.59 Å². The Hall–Kier alpha value is -3.81. The third kappa shape index (κ3) is 9.66. The zero-order valence-electron chi connectivity index (χ0n) is 24.1. The summed E-state index contributed by atoms with van der Waals surface area (Å²) in [4.78, 5) is 23.3. The Labute approximate surface area is 240 Å². The topological polar surface area (TPSA) is 64.6 Å². The molecular weight excluding hydrogens is 531 g/mol. The van der Waals surface area contributed by atoms with Gasteiger partial charge in [-0.25, -0.2) is 0 Å². The molecule has 0 heterocycles. The molecule has 41 heavy (non-hydrogen) atoms. The molecule has 8 heteroatoms. The third-order valence-electron chi connectivity index (χ3n) is 6.80. The zero-order chi connectivity index (χ0) is 30.0. The van der Waals surface area contributed by atoms with Gasteiger partial charge in [0.2, 0.25) is 0 Å². The highest BCUT2D eigenvalue weighted by molar-refractivity contribution is 5.94. The molecule has 1 N–H and O–H groups in total. The molecule has 0 unspecified atom stereocenters. The maximum absolute atomic E-state index is 13.9. The highest BCUT2D eigenvalue weighted by Crippen LogP contribution is 2.39. The van der Waals surface area contributed by atoms with Gasteiger partial charge >= 0.3 is 12.1 Å². The largest absolute Gasteiger partial charge is 0.494 e. The van der Waals surface area contributed by atoms with Gasteiger partial charge in [0.15, 0.2) is 0 Å². The van der Waals surface area contributed by atoms with Gasteiger partial charge in [-0.15, -0.1) is 0 Å². The molecule has 0 atom stereocenters. The quantitative estimate of drug-likeness (QED) is 0.179. The lowest BCUT2D eigenvalue weighted by Crippen LogP contribution is -2.26. The first-order valence-electron chi connectivity index (χ1n) is 13.8. The molecule has 0 spiro atoms. The first-order chi connectivity index (χ1) is 19.4. The van der Waals surface area contributed by atoms with Gasteiger partial charge in [-0.1, -0.05) is 63.2 Å². The maximum atomic E-state index is 13.9. The number of rotatable bonds is 12. The van der Waals surface area contributed by atoms with Crippen LogP contribution in [0.5, 0.6) is 5.75 Å². The van der Waals surface area contributed by atoms with Crippen LogP contribution in [0.25, 0.3) is 11.1 Å². The standard InChI is InChI=1S/C33H38F3NO4/c1-32(2,3)26-15-13-24(14-16-26)28-18-17-27(22-29(28)33(34,35)36)41-21-7-5-6-8-23-9-11-25(12-10-23)31(39)37-20-19-30(38)40-4/h9-18,22H,5-8,19-21H2,1-4H3,(H,37,39). The van der Waals surface area contributed by atoms with E-state index in [4.69, 9.17) is 4.74 Å². The van der Waals surface area contributed by atoms with Crippen molar-refractivity contribution in [1.29, 1.82) is 0 Å². The molecule has 3 aromatic rings. The molecule has 0 aliphatic heterocycles. The monoisotopic (exact) mass is 569 g/mol. The Morgan fingerprint density at radius 1 is 0.854 bits per heavy atom. The maximum Gasteiger partial charge on any atom is 0.417 e. The fourth-order valence-corrected chi connectivity index (χ4v) is 4.35. The van der Waals surface area contributed by atoms with E-state index in [2.05, 4.69) is 30.8 Å². The minimum atomic E-state index is -4.50. The van der Waals surface area contributed by atoms with E-state index in [1.54, 1.807) is 30.3 Å². The number of aryl methyl sites for hydroxylation is 1. The van der Waals surface area contributed by atoms with Gasteiger partial charge in [0.05, 0.1) is 25.7 Å². The second kappa shape index (κ2) is 14.2. The molecule has 0 radical (unpaired) electrons. The Kier molecular flexibility index (Phi) is 11.0. The van der Waals surface area contributed by atoms with Crippen molar-refractivity contribution in [2.75, 3.05) is 20.3 Å². The average molecular weight is 570 g/mol. The molecule has 5 nitrogen and oxygen atoms in total. The second-order valence-corrected chi connectivity index (χ2v) is 11.0. The molecule has 3 aromatic carbocycles. The van der Waals surface area contributed by atoms with E-state index in [1.165, 1.54) is 13.2 Å². The number of methoxy groups -OCH3 is 1. The van der Waals surface area contributed by atoms with Crippen LogP contribution in [0.2, 0.25) is 0 Å². The Morgan fingerprint density at radius 3 is 2.15 bits per heavy atom. The van der Waals surface area contributed by atoms with Gasteiger partial charge < -0.3 is 14.8 Å². The van der Waals surface area contributed by atoms with E-state index in [-0.39, 0.29) is 41.6 Å². The van der Waals surface area contributed by atoms with Crippen LogP contribution in [-0.2, 0) is 27.5 Å².